The molecule has 0 atom stereocenters. The minimum atomic E-state index is 0.250. The first-order chi connectivity index (χ1) is 14.5. The second-order valence-electron chi connectivity index (χ2n) is 6.99. The molecule has 0 aliphatic carbocycles. The first-order valence-electron chi connectivity index (χ1n) is 9.53. The van der Waals surface area contributed by atoms with E-state index in [4.69, 9.17) is 14.9 Å². The number of nitrogens with zero attached hydrogens (tertiary/aromatic N) is 5. The molecule has 1 aliphatic rings. The Labute approximate surface area is 174 Å². The minimum absolute atomic E-state index is 0.250. The quantitative estimate of drug-likeness (QED) is 0.718. The number of carbonyl (C=O) groups excluding carboxylic acids is 2. The number of nitriles is 1. The van der Waals surface area contributed by atoms with E-state index in [9.17, 15) is 0 Å². The molecule has 0 unspecified atom stereocenters. The Morgan fingerprint density at radius 3 is 2.20 bits per heavy atom. The van der Waals surface area contributed by atoms with Gasteiger partial charge in [0.15, 0.2) is 0 Å². The highest BCUT2D eigenvalue weighted by molar-refractivity contribution is 5.58. The highest BCUT2D eigenvalue weighted by Gasteiger charge is 2.18. The van der Waals surface area contributed by atoms with E-state index in [2.05, 4.69) is 62.9 Å². The first kappa shape index (κ1) is 20.8. The number of H-pyrrole nitrogens is 1. The Kier molecular flexibility index (Phi) is 6.58. The number of hydrogen-bond acceptors (Lipinski definition) is 7. The Balaban J connectivity index is 0.000000806. The van der Waals surface area contributed by atoms with Gasteiger partial charge in [0.05, 0.1) is 6.20 Å². The van der Waals surface area contributed by atoms with E-state index < -0.39 is 0 Å². The number of aromatic nitrogens is 3. The van der Waals surface area contributed by atoms with Crippen LogP contribution in [0.15, 0.2) is 42.7 Å². The van der Waals surface area contributed by atoms with E-state index in [1.54, 1.807) is 0 Å². The highest BCUT2D eigenvalue weighted by atomic mass is 16.2. The molecule has 2 aromatic heterocycles. The van der Waals surface area contributed by atoms with Crippen molar-refractivity contribution in [3.8, 4) is 17.5 Å². The van der Waals surface area contributed by atoms with Gasteiger partial charge in [0, 0.05) is 43.6 Å². The number of pyridine rings is 1. The van der Waals surface area contributed by atoms with Crippen molar-refractivity contribution in [2.24, 2.45) is 0 Å². The van der Waals surface area contributed by atoms with Crippen molar-refractivity contribution in [1.29, 1.82) is 5.26 Å². The van der Waals surface area contributed by atoms with Crippen LogP contribution in [0, 0.1) is 25.2 Å². The van der Waals surface area contributed by atoms with Gasteiger partial charge >= 0.3 is 6.15 Å². The lowest BCUT2D eigenvalue weighted by atomic mass is 10.1. The summed E-state index contributed by atoms with van der Waals surface area (Å²) in [6.07, 6.45) is 3.60. The van der Waals surface area contributed by atoms with Gasteiger partial charge in [-0.15, -0.1) is 0 Å². The van der Waals surface area contributed by atoms with Gasteiger partial charge in [-0.2, -0.15) is 14.9 Å². The molecule has 1 N–H and O–H groups in total. The molecule has 3 heterocycles. The summed E-state index contributed by atoms with van der Waals surface area (Å²) in [4.78, 5) is 32.8. The van der Waals surface area contributed by atoms with Crippen LogP contribution in [0.3, 0.4) is 0 Å². The van der Waals surface area contributed by atoms with Crippen molar-refractivity contribution < 1.29 is 9.59 Å². The summed E-state index contributed by atoms with van der Waals surface area (Å²) in [6, 6.07) is 12.8. The standard InChI is InChI=1S/C21H22N6.CO2/c1-15-3-5-19(11-16(15)2)26-7-9-27(10-8-26)20-6-4-17(13-23-20)21-24-14-18(12-22)25-21;2-1-3/h3-6,11,13-14H,7-10H2,1-2H3,(H,24,25);. The summed E-state index contributed by atoms with van der Waals surface area (Å²) in [5.41, 5.74) is 5.31. The van der Waals surface area contributed by atoms with Crippen molar-refractivity contribution >= 4 is 17.7 Å². The molecule has 0 bridgehead atoms. The number of nitrogens with one attached hydrogen (secondary N) is 1. The Morgan fingerprint density at radius 2 is 1.63 bits per heavy atom. The first-order valence-corrected chi connectivity index (χ1v) is 9.53. The third-order valence-corrected chi connectivity index (χ3v) is 5.18. The van der Waals surface area contributed by atoms with Gasteiger partial charge in [0.25, 0.3) is 0 Å². The Bertz CT molecular complexity index is 1070. The summed E-state index contributed by atoms with van der Waals surface area (Å²) in [5, 5.41) is 8.90. The summed E-state index contributed by atoms with van der Waals surface area (Å²) in [7, 11) is 0. The van der Waals surface area contributed by atoms with Crippen LogP contribution in [0.4, 0.5) is 11.5 Å². The van der Waals surface area contributed by atoms with Crippen molar-refractivity contribution in [1.82, 2.24) is 15.0 Å². The van der Waals surface area contributed by atoms with Crippen LogP contribution in [0.5, 0.6) is 0 Å². The largest absolute Gasteiger partial charge is 0.373 e. The third-order valence-electron chi connectivity index (χ3n) is 5.18. The Hall–Kier alpha value is -3.95. The number of rotatable bonds is 3. The molecule has 1 saturated heterocycles. The van der Waals surface area contributed by atoms with Gasteiger partial charge in [0.2, 0.25) is 0 Å². The van der Waals surface area contributed by atoms with Gasteiger partial charge < -0.3 is 14.8 Å². The summed E-state index contributed by atoms with van der Waals surface area (Å²) in [6.45, 7) is 8.16. The summed E-state index contributed by atoms with van der Waals surface area (Å²) >= 11 is 0. The second-order valence-corrected chi connectivity index (χ2v) is 6.99. The zero-order valence-electron chi connectivity index (χ0n) is 16.9. The summed E-state index contributed by atoms with van der Waals surface area (Å²) in [5.74, 6) is 1.65. The van der Waals surface area contributed by atoms with Crippen molar-refractivity contribution in [3.05, 3.63) is 59.5 Å². The predicted octanol–water partition coefficient (Wildman–Crippen LogP) is 2.70. The molecule has 0 saturated carbocycles. The van der Waals surface area contributed by atoms with Crippen molar-refractivity contribution in [2.45, 2.75) is 13.8 Å². The Morgan fingerprint density at radius 1 is 0.933 bits per heavy atom. The molecule has 8 heteroatoms. The van der Waals surface area contributed by atoms with Crippen LogP contribution in [0.1, 0.15) is 16.8 Å². The van der Waals surface area contributed by atoms with Crippen LogP contribution >= 0.6 is 0 Å². The van der Waals surface area contributed by atoms with Crippen LogP contribution < -0.4 is 9.80 Å². The molecule has 1 fully saturated rings. The number of imidazole rings is 1. The van der Waals surface area contributed by atoms with Gasteiger partial charge in [0.1, 0.15) is 23.4 Å². The van der Waals surface area contributed by atoms with Crippen LogP contribution in [0.2, 0.25) is 0 Å². The van der Waals surface area contributed by atoms with E-state index in [0.29, 0.717) is 11.5 Å². The SMILES string of the molecule is Cc1ccc(N2CCN(c3ccc(-c4ncc(C#N)[nH]4)cn3)CC2)cc1C.O=C=O. The number of anilines is 2. The van der Waals surface area contributed by atoms with E-state index >= 15 is 0 Å². The maximum absolute atomic E-state index is 8.90. The zero-order chi connectivity index (χ0) is 21.5. The molecule has 0 spiro atoms. The number of hydrogen-bond donors (Lipinski definition) is 1. The molecule has 4 rings (SSSR count). The smallest absolute Gasteiger partial charge is 0.368 e. The van der Waals surface area contributed by atoms with Crippen molar-refractivity contribution in [2.75, 3.05) is 36.0 Å². The third kappa shape index (κ3) is 4.72. The monoisotopic (exact) mass is 402 g/mol. The van der Waals surface area contributed by atoms with Gasteiger partial charge in [-0.1, -0.05) is 6.07 Å². The van der Waals surface area contributed by atoms with Crippen LogP contribution in [0.25, 0.3) is 11.4 Å². The number of benzene rings is 1. The fourth-order valence-corrected chi connectivity index (χ4v) is 3.35. The van der Waals surface area contributed by atoms with Gasteiger partial charge in [-0.3, -0.25) is 0 Å². The molecule has 152 valence electrons. The number of aryl methyl sites for hydroxylation is 2. The molecule has 0 radical (unpaired) electrons. The lowest BCUT2D eigenvalue weighted by Gasteiger charge is -2.37. The second kappa shape index (κ2) is 9.50. The molecule has 0 amide bonds. The van der Waals surface area contributed by atoms with Crippen LogP contribution in [-0.4, -0.2) is 47.3 Å². The fourth-order valence-electron chi connectivity index (χ4n) is 3.35. The predicted molar refractivity (Wildman–Crippen MR) is 112 cm³/mol. The van der Waals surface area contributed by atoms with E-state index in [1.807, 2.05) is 18.3 Å². The average Bonchev–Trinajstić information content (AvgIpc) is 3.26. The lowest BCUT2D eigenvalue weighted by Crippen LogP contribution is -2.46. The maximum Gasteiger partial charge on any atom is 0.373 e. The highest BCUT2D eigenvalue weighted by Crippen LogP contribution is 2.23. The van der Waals surface area contributed by atoms with Gasteiger partial charge in [-0.05, 0) is 49.2 Å². The minimum Gasteiger partial charge on any atom is -0.368 e. The molecular weight excluding hydrogens is 380 g/mol. The van der Waals surface area contributed by atoms with Crippen molar-refractivity contribution in [3.63, 3.8) is 0 Å². The average molecular weight is 402 g/mol. The van der Waals surface area contributed by atoms with Crippen LogP contribution in [-0.2, 0) is 9.59 Å². The fraction of sp³-hybridized carbons (Fsp3) is 0.273. The van der Waals surface area contributed by atoms with E-state index in [-0.39, 0.29) is 6.15 Å². The maximum atomic E-state index is 8.90. The molecule has 3 aromatic rings. The molecule has 1 aromatic carbocycles. The van der Waals surface area contributed by atoms with Gasteiger partial charge in [-0.25, -0.2) is 9.97 Å². The molecular formula is C22H22N6O2. The number of aromatic amines is 1. The summed E-state index contributed by atoms with van der Waals surface area (Å²) < 4.78 is 0. The zero-order valence-corrected chi connectivity index (χ0v) is 16.9. The molecule has 30 heavy (non-hydrogen) atoms. The topological polar surface area (TPSA) is 106 Å². The molecule has 8 nitrogen and oxygen atoms in total. The lowest BCUT2D eigenvalue weighted by molar-refractivity contribution is -0.191. The van der Waals surface area contributed by atoms with E-state index in [1.165, 1.54) is 23.0 Å². The normalized spacial score (nSPS) is 13.1. The number of piperazine rings is 1. The van der Waals surface area contributed by atoms with E-state index in [0.717, 1.165) is 37.6 Å². The molecule has 1 aliphatic heterocycles.